The fraction of sp³-hybridized carbons (Fsp3) is 0.429. The molecule has 1 amide bonds. The van der Waals surface area contributed by atoms with E-state index >= 15 is 0 Å². The normalized spacial score (nSPS) is 22.7. The van der Waals surface area contributed by atoms with Crippen molar-refractivity contribution in [1.82, 2.24) is 15.1 Å². The molecule has 0 aliphatic carbocycles. The van der Waals surface area contributed by atoms with Crippen molar-refractivity contribution in [1.29, 1.82) is 0 Å². The highest BCUT2D eigenvalue weighted by Gasteiger charge is 2.25. The first-order chi connectivity index (χ1) is 5.77. The van der Waals surface area contributed by atoms with Crippen molar-refractivity contribution in [2.75, 3.05) is 12.3 Å². The summed E-state index contributed by atoms with van der Waals surface area (Å²) in [6.45, 7) is 0.725. The van der Waals surface area contributed by atoms with Crippen LogP contribution in [0.25, 0.3) is 0 Å². The van der Waals surface area contributed by atoms with Gasteiger partial charge in [-0.3, -0.25) is 9.48 Å². The lowest BCUT2D eigenvalue weighted by atomic mass is 10.2. The Morgan fingerprint density at radius 2 is 2.58 bits per heavy atom. The Labute approximate surface area is 69.5 Å². The molecule has 12 heavy (non-hydrogen) atoms. The summed E-state index contributed by atoms with van der Waals surface area (Å²) in [5.41, 5.74) is 6.07. The molecule has 1 saturated heterocycles. The molecule has 1 aliphatic rings. The van der Waals surface area contributed by atoms with Crippen molar-refractivity contribution in [3.8, 4) is 0 Å². The maximum atomic E-state index is 11.2. The predicted octanol–water partition coefficient (Wildman–Crippen LogP) is -0.474. The molecule has 2 heterocycles. The lowest BCUT2D eigenvalue weighted by Gasteiger charge is -2.05. The molecule has 0 radical (unpaired) electrons. The van der Waals surface area contributed by atoms with Crippen LogP contribution in [-0.4, -0.2) is 22.2 Å². The SMILES string of the molecule is Nc1cnn(C2CCNC2=O)c1. The molecular formula is C7H10N4O. The van der Waals surface area contributed by atoms with Crippen LogP contribution in [0.15, 0.2) is 12.4 Å². The highest BCUT2D eigenvalue weighted by molar-refractivity contribution is 5.82. The number of hydrogen-bond acceptors (Lipinski definition) is 3. The largest absolute Gasteiger partial charge is 0.396 e. The van der Waals surface area contributed by atoms with Crippen LogP contribution < -0.4 is 11.1 Å². The average molecular weight is 166 g/mol. The molecule has 0 bridgehead atoms. The highest BCUT2D eigenvalue weighted by atomic mass is 16.2. The molecule has 1 aromatic heterocycles. The van der Waals surface area contributed by atoms with E-state index in [1.54, 1.807) is 17.1 Å². The van der Waals surface area contributed by atoms with Gasteiger partial charge in [-0.2, -0.15) is 5.10 Å². The molecule has 1 atom stereocenters. The summed E-state index contributed by atoms with van der Waals surface area (Å²) in [5, 5.41) is 6.72. The predicted molar refractivity (Wildman–Crippen MR) is 43.3 cm³/mol. The van der Waals surface area contributed by atoms with Gasteiger partial charge in [-0.15, -0.1) is 0 Å². The van der Waals surface area contributed by atoms with E-state index in [0.29, 0.717) is 5.69 Å². The van der Waals surface area contributed by atoms with E-state index in [9.17, 15) is 4.79 Å². The van der Waals surface area contributed by atoms with Crippen molar-refractivity contribution in [3.63, 3.8) is 0 Å². The van der Waals surface area contributed by atoms with Gasteiger partial charge >= 0.3 is 0 Å². The van der Waals surface area contributed by atoms with Crippen LogP contribution >= 0.6 is 0 Å². The number of nitrogens with one attached hydrogen (secondary N) is 1. The summed E-state index contributed by atoms with van der Waals surface area (Å²) in [6, 6.07) is -0.165. The molecule has 0 saturated carbocycles. The molecule has 1 aliphatic heterocycles. The second kappa shape index (κ2) is 2.51. The van der Waals surface area contributed by atoms with Crippen LogP contribution in [-0.2, 0) is 4.79 Å². The van der Waals surface area contributed by atoms with Crippen LogP contribution in [0.2, 0.25) is 0 Å². The fourth-order valence-electron chi connectivity index (χ4n) is 1.36. The summed E-state index contributed by atoms with van der Waals surface area (Å²) in [5.74, 6) is 0.0260. The first kappa shape index (κ1) is 7.15. The van der Waals surface area contributed by atoms with Crippen molar-refractivity contribution in [2.45, 2.75) is 12.5 Å². The van der Waals surface area contributed by atoms with E-state index in [2.05, 4.69) is 10.4 Å². The van der Waals surface area contributed by atoms with Crippen LogP contribution in [0.3, 0.4) is 0 Å². The number of hydrogen-bond donors (Lipinski definition) is 2. The van der Waals surface area contributed by atoms with Crippen LogP contribution in [0.1, 0.15) is 12.5 Å². The quantitative estimate of drug-likeness (QED) is 0.592. The number of nitrogens with zero attached hydrogens (tertiary/aromatic N) is 2. The van der Waals surface area contributed by atoms with Gasteiger partial charge in [0.2, 0.25) is 5.91 Å². The number of nitrogen functional groups attached to an aromatic ring is 1. The topological polar surface area (TPSA) is 72.9 Å². The van der Waals surface area contributed by atoms with Gasteiger partial charge in [-0.25, -0.2) is 0 Å². The molecule has 0 aromatic carbocycles. The number of carbonyl (C=O) groups excluding carboxylic acids is 1. The number of rotatable bonds is 1. The number of carbonyl (C=O) groups is 1. The summed E-state index contributed by atoms with van der Waals surface area (Å²) >= 11 is 0. The van der Waals surface area contributed by atoms with Crippen LogP contribution in [0.5, 0.6) is 0 Å². The van der Waals surface area contributed by atoms with Gasteiger partial charge in [-0.05, 0) is 6.42 Å². The second-order valence-corrected chi connectivity index (χ2v) is 2.85. The number of amides is 1. The number of nitrogens with two attached hydrogens (primary N) is 1. The van der Waals surface area contributed by atoms with Gasteiger partial charge in [0.1, 0.15) is 6.04 Å². The van der Waals surface area contributed by atoms with Gasteiger partial charge < -0.3 is 11.1 Å². The minimum Gasteiger partial charge on any atom is -0.396 e. The first-order valence-electron chi connectivity index (χ1n) is 3.85. The lowest BCUT2D eigenvalue weighted by molar-refractivity contribution is -0.122. The Morgan fingerprint density at radius 1 is 1.75 bits per heavy atom. The maximum Gasteiger partial charge on any atom is 0.244 e. The van der Waals surface area contributed by atoms with Gasteiger partial charge in [0, 0.05) is 12.7 Å². The van der Waals surface area contributed by atoms with E-state index in [1.807, 2.05) is 0 Å². The minimum absolute atomic E-state index is 0.0260. The third-order valence-electron chi connectivity index (χ3n) is 1.96. The molecule has 64 valence electrons. The Kier molecular flexibility index (Phi) is 1.49. The van der Waals surface area contributed by atoms with Gasteiger partial charge in [0.25, 0.3) is 0 Å². The van der Waals surface area contributed by atoms with Crippen molar-refractivity contribution < 1.29 is 4.79 Å². The van der Waals surface area contributed by atoms with Gasteiger partial charge in [0.05, 0.1) is 11.9 Å². The Bertz CT molecular complexity index is 306. The zero-order valence-corrected chi connectivity index (χ0v) is 6.53. The third kappa shape index (κ3) is 1.03. The van der Waals surface area contributed by atoms with E-state index in [-0.39, 0.29) is 11.9 Å². The first-order valence-corrected chi connectivity index (χ1v) is 3.85. The highest BCUT2D eigenvalue weighted by Crippen LogP contribution is 2.16. The standard InChI is InChI=1S/C7H10N4O/c8-5-3-10-11(4-5)6-1-2-9-7(6)12/h3-4,6H,1-2,8H2,(H,9,12). The molecular weight excluding hydrogens is 156 g/mol. The maximum absolute atomic E-state index is 11.2. The molecule has 1 aromatic rings. The van der Waals surface area contributed by atoms with Gasteiger partial charge in [0.15, 0.2) is 0 Å². The zero-order chi connectivity index (χ0) is 8.55. The van der Waals surface area contributed by atoms with Crippen molar-refractivity contribution >= 4 is 11.6 Å². The van der Waals surface area contributed by atoms with Crippen LogP contribution in [0, 0.1) is 0 Å². The fourth-order valence-corrected chi connectivity index (χ4v) is 1.36. The number of anilines is 1. The van der Waals surface area contributed by atoms with E-state index in [0.717, 1.165) is 13.0 Å². The molecule has 3 N–H and O–H groups in total. The summed E-state index contributed by atoms with van der Waals surface area (Å²) in [7, 11) is 0. The monoisotopic (exact) mass is 166 g/mol. The molecule has 0 spiro atoms. The lowest BCUT2D eigenvalue weighted by Crippen LogP contribution is -2.22. The smallest absolute Gasteiger partial charge is 0.244 e. The molecule has 5 nitrogen and oxygen atoms in total. The Hall–Kier alpha value is -1.52. The van der Waals surface area contributed by atoms with Crippen molar-refractivity contribution in [2.24, 2.45) is 0 Å². The zero-order valence-electron chi connectivity index (χ0n) is 6.53. The van der Waals surface area contributed by atoms with Crippen LogP contribution in [0.4, 0.5) is 5.69 Å². The third-order valence-corrected chi connectivity index (χ3v) is 1.96. The van der Waals surface area contributed by atoms with E-state index in [1.165, 1.54) is 0 Å². The van der Waals surface area contributed by atoms with E-state index in [4.69, 9.17) is 5.73 Å². The average Bonchev–Trinajstić information content (AvgIpc) is 2.58. The summed E-state index contributed by atoms with van der Waals surface area (Å²) < 4.78 is 1.61. The Balaban J connectivity index is 2.24. The molecule has 1 unspecified atom stereocenters. The Morgan fingerprint density at radius 3 is 3.08 bits per heavy atom. The molecule has 5 heteroatoms. The molecule has 2 rings (SSSR count). The van der Waals surface area contributed by atoms with Crippen molar-refractivity contribution in [3.05, 3.63) is 12.4 Å². The second-order valence-electron chi connectivity index (χ2n) is 2.85. The van der Waals surface area contributed by atoms with Gasteiger partial charge in [-0.1, -0.05) is 0 Å². The molecule has 1 fully saturated rings. The summed E-state index contributed by atoms with van der Waals surface area (Å²) in [6.07, 6.45) is 4.01. The van der Waals surface area contributed by atoms with E-state index < -0.39 is 0 Å². The number of aromatic nitrogens is 2. The minimum atomic E-state index is -0.165. The summed E-state index contributed by atoms with van der Waals surface area (Å²) in [4.78, 5) is 11.2.